The second-order valence-corrected chi connectivity index (χ2v) is 8.95. The fourth-order valence-electron chi connectivity index (χ4n) is 4.35. The maximum absolute atomic E-state index is 11.2. The number of carbonyl (C=O) groups excluding carboxylic acids is 1. The quantitative estimate of drug-likeness (QED) is 0.280. The van der Waals surface area contributed by atoms with Crippen molar-refractivity contribution in [1.29, 1.82) is 0 Å². The summed E-state index contributed by atoms with van der Waals surface area (Å²) in [6.45, 7) is 5.03. The highest BCUT2D eigenvalue weighted by molar-refractivity contribution is 5.69. The van der Waals surface area contributed by atoms with E-state index in [1.807, 2.05) is 0 Å². The van der Waals surface area contributed by atoms with Gasteiger partial charge in [0.15, 0.2) is 0 Å². The Bertz CT molecular complexity index is 800. The van der Waals surface area contributed by atoms with Crippen LogP contribution in [-0.2, 0) is 20.9 Å². The van der Waals surface area contributed by atoms with Crippen LogP contribution < -0.4 is 0 Å². The van der Waals surface area contributed by atoms with E-state index in [1.54, 1.807) is 0 Å². The number of ether oxygens (including phenoxy) is 2. The molecule has 0 aliphatic carbocycles. The number of esters is 1. The molecule has 1 unspecified atom stereocenters. The molecule has 32 heavy (non-hydrogen) atoms. The minimum atomic E-state index is -0.0944. The molecule has 2 aromatic carbocycles. The van der Waals surface area contributed by atoms with E-state index in [2.05, 4.69) is 60.4 Å². The Labute approximate surface area is 193 Å². The third-order valence-corrected chi connectivity index (χ3v) is 6.39. The fraction of sp³-hybridized carbons (Fsp3) is 0.536. The first-order valence-corrected chi connectivity index (χ1v) is 12.2. The van der Waals surface area contributed by atoms with Crippen LogP contribution in [0.3, 0.4) is 0 Å². The van der Waals surface area contributed by atoms with Crippen LogP contribution in [0.4, 0.5) is 0 Å². The van der Waals surface area contributed by atoms with Crippen molar-refractivity contribution >= 4 is 5.97 Å². The molecule has 0 N–H and O–H groups in total. The lowest BCUT2D eigenvalue weighted by atomic mass is 10.0. The molecule has 1 aliphatic heterocycles. The summed E-state index contributed by atoms with van der Waals surface area (Å²) >= 11 is 0. The van der Waals surface area contributed by atoms with E-state index < -0.39 is 0 Å². The zero-order chi connectivity index (χ0) is 22.6. The SMILES string of the molecule is COC(=O)CCCCCCCN1CCCCC1OCc1ccc(-c2ccc(C)cc2)cc1. The highest BCUT2D eigenvalue weighted by Crippen LogP contribution is 2.23. The first kappa shape index (κ1) is 24.5. The Morgan fingerprint density at radius 3 is 2.28 bits per heavy atom. The van der Waals surface area contributed by atoms with Gasteiger partial charge in [0.25, 0.3) is 0 Å². The number of hydrogen-bond donors (Lipinski definition) is 0. The van der Waals surface area contributed by atoms with Gasteiger partial charge in [0.05, 0.1) is 13.7 Å². The van der Waals surface area contributed by atoms with Gasteiger partial charge in [0.1, 0.15) is 6.23 Å². The molecule has 1 aliphatic rings. The van der Waals surface area contributed by atoms with Crippen molar-refractivity contribution in [3.63, 3.8) is 0 Å². The molecule has 0 bridgehead atoms. The third-order valence-electron chi connectivity index (χ3n) is 6.39. The van der Waals surface area contributed by atoms with Crippen LogP contribution >= 0.6 is 0 Å². The van der Waals surface area contributed by atoms with E-state index in [9.17, 15) is 4.79 Å². The lowest BCUT2D eigenvalue weighted by Gasteiger charge is -2.35. The minimum Gasteiger partial charge on any atom is -0.469 e. The van der Waals surface area contributed by atoms with Gasteiger partial charge in [0, 0.05) is 19.5 Å². The summed E-state index contributed by atoms with van der Waals surface area (Å²) in [5.74, 6) is -0.0944. The number of rotatable bonds is 12. The topological polar surface area (TPSA) is 38.8 Å². The Hall–Kier alpha value is -2.17. The maximum atomic E-state index is 11.2. The molecule has 0 saturated carbocycles. The van der Waals surface area contributed by atoms with Crippen LogP contribution in [0.25, 0.3) is 11.1 Å². The van der Waals surface area contributed by atoms with E-state index in [0.29, 0.717) is 13.0 Å². The average Bonchev–Trinajstić information content (AvgIpc) is 2.83. The summed E-state index contributed by atoms with van der Waals surface area (Å²) < 4.78 is 11.0. The van der Waals surface area contributed by atoms with Gasteiger partial charge in [-0.1, -0.05) is 73.4 Å². The zero-order valence-electron chi connectivity index (χ0n) is 19.9. The van der Waals surface area contributed by atoms with E-state index in [4.69, 9.17) is 9.47 Å². The molecular weight excluding hydrogens is 398 g/mol. The third kappa shape index (κ3) is 8.07. The highest BCUT2D eigenvalue weighted by atomic mass is 16.5. The molecule has 2 aromatic rings. The summed E-state index contributed by atoms with van der Waals surface area (Å²) in [4.78, 5) is 13.7. The standard InChI is InChI=1S/C28H39NO3/c1-23-12-16-25(17-13-23)26-18-14-24(15-19-26)22-32-27-10-7-9-21-29(27)20-8-5-3-4-6-11-28(30)31-2/h12-19,27H,3-11,20-22H2,1-2H3. The van der Waals surface area contributed by atoms with Crippen molar-refractivity contribution in [2.75, 3.05) is 20.2 Å². The molecule has 1 atom stereocenters. The number of methoxy groups -OCH3 is 1. The Morgan fingerprint density at radius 1 is 0.906 bits per heavy atom. The Kier molecular flexibility index (Phi) is 10.2. The molecule has 4 nitrogen and oxygen atoms in total. The average molecular weight is 438 g/mol. The number of carbonyl (C=O) groups is 1. The molecule has 0 amide bonds. The summed E-state index contributed by atoms with van der Waals surface area (Å²) in [7, 11) is 1.46. The molecule has 0 radical (unpaired) electrons. The van der Waals surface area contributed by atoms with Gasteiger partial charge in [-0.3, -0.25) is 9.69 Å². The molecule has 0 spiro atoms. The lowest BCUT2D eigenvalue weighted by molar-refractivity contribution is -0.140. The molecule has 0 aromatic heterocycles. The molecule has 3 rings (SSSR count). The van der Waals surface area contributed by atoms with Crippen molar-refractivity contribution in [2.45, 2.75) is 77.5 Å². The van der Waals surface area contributed by atoms with Gasteiger partial charge in [-0.15, -0.1) is 0 Å². The van der Waals surface area contributed by atoms with E-state index in [1.165, 1.54) is 61.5 Å². The number of unbranched alkanes of at least 4 members (excludes halogenated alkanes) is 4. The van der Waals surface area contributed by atoms with Crippen molar-refractivity contribution in [3.05, 3.63) is 59.7 Å². The number of likely N-dealkylation sites (tertiary alicyclic amines) is 1. The van der Waals surface area contributed by atoms with Crippen LogP contribution in [0.5, 0.6) is 0 Å². The number of aryl methyl sites for hydroxylation is 1. The minimum absolute atomic E-state index is 0.0944. The monoisotopic (exact) mass is 437 g/mol. The van der Waals surface area contributed by atoms with E-state index >= 15 is 0 Å². The van der Waals surface area contributed by atoms with Crippen molar-refractivity contribution in [1.82, 2.24) is 4.90 Å². The first-order valence-electron chi connectivity index (χ1n) is 12.2. The van der Waals surface area contributed by atoms with Crippen LogP contribution in [0.1, 0.15) is 68.9 Å². The Morgan fingerprint density at radius 2 is 1.56 bits per heavy atom. The van der Waals surface area contributed by atoms with E-state index in [0.717, 1.165) is 32.4 Å². The van der Waals surface area contributed by atoms with E-state index in [-0.39, 0.29) is 12.2 Å². The summed E-state index contributed by atoms with van der Waals surface area (Å²) in [6.07, 6.45) is 10.1. The molecule has 1 saturated heterocycles. The predicted molar refractivity (Wildman–Crippen MR) is 130 cm³/mol. The maximum Gasteiger partial charge on any atom is 0.305 e. The predicted octanol–water partition coefficient (Wildman–Crippen LogP) is 6.50. The number of nitrogens with zero attached hydrogens (tertiary/aromatic N) is 1. The lowest BCUT2D eigenvalue weighted by Crippen LogP contribution is -2.41. The second kappa shape index (κ2) is 13.4. The van der Waals surface area contributed by atoms with Crippen LogP contribution in [0.15, 0.2) is 48.5 Å². The van der Waals surface area contributed by atoms with Gasteiger partial charge < -0.3 is 9.47 Å². The van der Waals surface area contributed by atoms with Crippen LogP contribution in [0.2, 0.25) is 0 Å². The first-order chi connectivity index (χ1) is 15.7. The summed E-state index contributed by atoms with van der Waals surface area (Å²) in [5.41, 5.74) is 5.03. The van der Waals surface area contributed by atoms with Gasteiger partial charge in [-0.25, -0.2) is 0 Å². The molecule has 174 valence electrons. The van der Waals surface area contributed by atoms with Crippen molar-refractivity contribution in [3.8, 4) is 11.1 Å². The number of benzene rings is 2. The van der Waals surface area contributed by atoms with Gasteiger partial charge in [-0.2, -0.15) is 0 Å². The smallest absolute Gasteiger partial charge is 0.305 e. The molecule has 1 heterocycles. The zero-order valence-corrected chi connectivity index (χ0v) is 19.9. The summed E-state index contributed by atoms with van der Waals surface area (Å²) in [6, 6.07) is 17.5. The van der Waals surface area contributed by atoms with Gasteiger partial charge >= 0.3 is 5.97 Å². The normalized spacial score (nSPS) is 16.8. The van der Waals surface area contributed by atoms with Crippen molar-refractivity contribution < 1.29 is 14.3 Å². The highest BCUT2D eigenvalue weighted by Gasteiger charge is 2.22. The van der Waals surface area contributed by atoms with Gasteiger partial charge in [-0.05, 0) is 55.7 Å². The van der Waals surface area contributed by atoms with Crippen LogP contribution in [-0.4, -0.2) is 37.3 Å². The fourth-order valence-corrected chi connectivity index (χ4v) is 4.35. The van der Waals surface area contributed by atoms with Gasteiger partial charge in [0.2, 0.25) is 0 Å². The largest absolute Gasteiger partial charge is 0.469 e. The Balaban J connectivity index is 1.38. The van der Waals surface area contributed by atoms with Crippen molar-refractivity contribution in [2.24, 2.45) is 0 Å². The number of piperidine rings is 1. The second-order valence-electron chi connectivity index (χ2n) is 8.95. The molecule has 1 fully saturated rings. The molecule has 4 heteroatoms. The summed E-state index contributed by atoms with van der Waals surface area (Å²) in [5, 5.41) is 0. The molecular formula is C28H39NO3. The van der Waals surface area contributed by atoms with Crippen LogP contribution in [0, 0.1) is 6.92 Å². The number of hydrogen-bond acceptors (Lipinski definition) is 4.